The summed E-state index contributed by atoms with van der Waals surface area (Å²) >= 11 is 0. The molecule has 2 heterocycles. The van der Waals surface area contributed by atoms with E-state index in [1.54, 1.807) is 18.2 Å². The Labute approximate surface area is 179 Å². The number of fused-ring (bicyclic) bond motifs is 3. The summed E-state index contributed by atoms with van der Waals surface area (Å²) in [5.74, 6) is -0.840. The summed E-state index contributed by atoms with van der Waals surface area (Å²) in [5.41, 5.74) is 2.51. The highest BCUT2D eigenvalue weighted by Gasteiger charge is 2.75. The third-order valence-electron chi connectivity index (χ3n) is 7.69. The number of aromatic hydroxyl groups is 1. The molecular weight excluding hydrogens is 397 g/mol. The Morgan fingerprint density at radius 1 is 1.13 bits per heavy atom. The van der Waals surface area contributed by atoms with Crippen LogP contribution in [0.1, 0.15) is 50.5 Å². The van der Waals surface area contributed by atoms with Gasteiger partial charge in [-0.15, -0.1) is 0 Å². The molecule has 2 aromatic carbocycles. The number of aromatic nitrogens is 1. The molecule has 0 spiro atoms. The Morgan fingerprint density at radius 2 is 1.81 bits per heavy atom. The summed E-state index contributed by atoms with van der Waals surface area (Å²) in [5, 5.41) is 21.2. The monoisotopic (exact) mass is 421 g/mol. The molecule has 160 valence electrons. The average molecular weight is 421 g/mol. The zero-order chi connectivity index (χ0) is 21.8. The van der Waals surface area contributed by atoms with E-state index in [-0.39, 0.29) is 28.5 Å². The number of carboxylic acid groups (broad SMARTS) is 1. The minimum absolute atomic E-state index is 0.181. The van der Waals surface area contributed by atoms with Gasteiger partial charge in [-0.2, -0.15) is 0 Å². The first kappa shape index (κ1) is 18.9. The quantitative estimate of drug-likeness (QED) is 0.619. The highest BCUT2D eigenvalue weighted by atomic mass is 19.1. The molecule has 4 aliphatic rings. The largest absolute Gasteiger partial charge is 0.507 e. The molecular formula is C25H24FNO4. The summed E-state index contributed by atoms with van der Waals surface area (Å²) < 4.78 is 22.2. The molecule has 2 N–H and O–H groups in total. The lowest BCUT2D eigenvalue weighted by Gasteiger charge is -2.71. The highest BCUT2D eigenvalue weighted by molar-refractivity contribution is 5.94. The molecule has 1 aliphatic heterocycles. The molecule has 3 aliphatic carbocycles. The maximum Gasteiger partial charge on any atom is 0.309 e. The summed E-state index contributed by atoms with van der Waals surface area (Å²) in [7, 11) is 0. The second-order valence-corrected chi connectivity index (χ2v) is 10.3. The Hall–Kier alpha value is -2.86. The summed E-state index contributed by atoms with van der Waals surface area (Å²) in [4.78, 5) is 11.7. The maximum absolute atomic E-state index is 13.7. The molecule has 0 saturated heterocycles. The van der Waals surface area contributed by atoms with Crippen LogP contribution in [-0.2, 0) is 14.9 Å². The summed E-state index contributed by atoms with van der Waals surface area (Å²) in [6, 6.07) is 11.8. The first-order valence-corrected chi connectivity index (χ1v) is 10.7. The van der Waals surface area contributed by atoms with Gasteiger partial charge in [0.2, 0.25) is 0 Å². The Kier molecular flexibility index (Phi) is 3.46. The van der Waals surface area contributed by atoms with Crippen molar-refractivity contribution >= 4 is 16.9 Å². The van der Waals surface area contributed by atoms with Crippen LogP contribution in [-0.4, -0.2) is 27.4 Å². The third-order valence-corrected chi connectivity index (χ3v) is 7.69. The van der Waals surface area contributed by atoms with E-state index in [4.69, 9.17) is 4.74 Å². The van der Waals surface area contributed by atoms with Crippen LogP contribution >= 0.6 is 0 Å². The Balaban J connectivity index is 1.62. The van der Waals surface area contributed by atoms with Crippen molar-refractivity contribution < 1.29 is 24.1 Å². The van der Waals surface area contributed by atoms with E-state index in [2.05, 4.69) is 18.4 Å². The van der Waals surface area contributed by atoms with E-state index in [1.807, 2.05) is 12.1 Å². The van der Waals surface area contributed by atoms with Crippen molar-refractivity contribution in [3.8, 4) is 11.4 Å². The van der Waals surface area contributed by atoms with Gasteiger partial charge in [-0.05, 0) is 55.7 Å². The molecule has 0 amide bonds. The van der Waals surface area contributed by atoms with Crippen LogP contribution in [0.4, 0.5) is 4.39 Å². The summed E-state index contributed by atoms with van der Waals surface area (Å²) in [6.07, 6.45) is 1.55. The first-order chi connectivity index (χ1) is 14.7. The number of phenolic OH excluding ortho intramolecular Hbond substituents is 1. The molecule has 1 atom stereocenters. The minimum atomic E-state index is -0.720. The van der Waals surface area contributed by atoms with Gasteiger partial charge < -0.3 is 19.5 Å². The number of phenols is 1. The lowest BCUT2D eigenvalue weighted by atomic mass is 9.33. The zero-order valence-corrected chi connectivity index (χ0v) is 17.5. The fraction of sp³-hybridized carbons (Fsp3) is 0.400. The number of hydrogen-bond acceptors (Lipinski definition) is 3. The third kappa shape index (κ3) is 2.26. The smallest absolute Gasteiger partial charge is 0.309 e. The van der Waals surface area contributed by atoms with Gasteiger partial charge in [0.1, 0.15) is 11.6 Å². The molecule has 5 nitrogen and oxygen atoms in total. The van der Waals surface area contributed by atoms with Crippen LogP contribution in [0.15, 0.2) is 42.5 Å². The van der Waals surface area contributed by atoms with Gasteiger partial charge in [-0.1, -0.05) is 19.9 Å². The fourth-order valence-corrected chi connectivity index (χ4v) is 6.43. The van der Waals surface area contributed by atoms with Gasteiger partial charge in [0, 0.05) is 33.2 Å². The lowest BCUT2D eigenvalue weighted by molar-refractivity contribution is -0.271. The van der Waals surface area contributed by atoms with Crippen molar-refractivity contribution in [1.29, 1.82) is 0 Å². The molecule has 3 aromatic rings. The number of rotatable bonds is 3. The molecule has 1 aromatic heterocycles. The SMILES string of the molecule is CC1(C)COC(C23CC(C(=O)O)(C2)C3)c2c1n(-c1ccc(F)cc1)c1cccc(O)c21. The second-order valence-electron chi connectivity index (χ2n) is 10.3. The number of hydrogen-bond donors (Lipinski definition) is 2. The topological polar surface area (TPSA) is 71.7 Å². The van der Waals surface area contributed by atoms with Gasteiger partial charge in [-0.3, -0.25) is 4.79 Å². The normalized spacial score (nSPS) is 30.4. The van der Waals surface area contributed by atoms with Gasteiger partial charge in [0.05, 0.1) is 23.6 Å². The number of carbonyl (C=O) groups is 1. The second kappa shape index (κ2) is 5.68. The molecule has 7 rings (SSSR count). The van der Waals surface area contributed by atoms with Crippen molar-refractivity contribution in [3.63, 3.8) is 0 Å². The van der Waals surface area contributed by atoms with Crippen LogP contribution in [0, 0.1) is 16.6 Å². The van der Waals surface area contributed by atoms with Crippen molar-refractivity contribution in [2.75, 3.05) is 6.61 Å². The van der Waals surface area contributed by atoms with Crippen molar-refractivity contribution in [3.05, 3.63) is 59.5 Å². The zero-order valence-electron chi connectivity index (χ0n) is 17.5. The summed E-state index contributed by atoms with van der Waals surface area (Å²) in [6.45, 7) is 4.71. The van der Waals surface area contributed by atoms with Crippen molar-refractivity contribution in [2.24, 2.45) is 10.8 Å². The number of carboxylic acids is 1. The number of nitrogens with zero attached hydrogens (tertiary/aromatic N) is 1. The standard InChI is InChI=1S/C25H24FNO4/c1-23(2)13-31-21(24-10-25(11-24,12-24)22(29)30)19-18-16(4-3-5-17(18)28)27(20(19)23)15-8-6-14(26)7-9-15/h3-9,21,28H,10-13H2,1-2H3,(H,29,30). The number of halogens is 1. The molecule has 3 saturated carbocycles. The van der Waals surface area contributed by atoms with Crippen LogP contribution in [0.25, 0.3) is 16.6 Å². The molecule has 1 unspecified atom stereocenters. The molecule has 3 fully saturated rings. The predicted molar refractivity (Wildman–Crippen MR) is 113 cm³/mol. The average Bonchev–Trinajstić information content (AvgIpc) is 3.00. The molecule has 2 bridgehead atoms. The number of ether oxygens (including phenoxy) is 1. The molecule has 31 heavy (non-hydrogen) atoms. The lowest BCUT2D eigenvalue weighted by Crippen LogP contribution is -2.68. The van der Waals surface area contributed by atoms with E-state index in [9.17, 15) is 19.4 Å². The Morgan fingerprint density at radius 3 is 2.45 bits per heavy atom. The molecule has 6 heteroatoms. The highest BCUT2D eigenvalue weighted by Crippen LogP contribution is 2.79. The van der Waals surface area contributed by atoms with E-state index in [0.29, 0.717) is 25.9 Å². The van der Waals surface area contributed by atoms with Crippen molar-refractivity contribution in [1.82, 2.24) is 4.57 Å². The number of aliphatic carboxylic acids is 1. The molecule has 0 radical (unpaired) electrons. The van der Waals surface area contributed by atoms with Gasteiger partial charge >= 0.3 is 5.97 Å². The first-order valence-electron chi connectivity index (χ1n) is 10.7. The van der Waals surface area contributed by atoms with Gasteiger partial charge in [-0.25, -0.2) is 4.39 Å². The maximum atomic E-state index is 13.7. The minimum Gasteiger partial charge on any atom is -0.507 e. The van der Waals surface area contributed by atoms with Crippen LogP contribution < -0.4 is 0 Å². The number of benzene rings is 2. The van der Waals surface area contributed by atoms with Crippen LogP contribution in [0.2, 0.25) is 0 Å². The van der Waals surface area contributed by atoms with E-state index >= 15 is 0 Å². The van der Waals surface area contributed by atoms with E-state index < -0.39 is 11.4 Å². The van der Waals surface area contributed by atoms with Gasteiger partial charge in [0.25, 0.3) is 0 Å². The van der Waals surface area contributed by atoms with E-state index in [0.717, 1.165) is 27.8 Å². The predicted octanol–water partition coefficient (Wildman–Crippen LogP) is 5.08. The van der Waals surface area contributed by atoms with Crippen LogP contribution in [0.3, 0.4) is 0 Å². The van der Waals surface area contributed by atoms with Crippen molar-refractivity contribution in [2.45, 2.75) is 44.6 Å². The van der Waals surface area contributed by atoms with E-state index in [1.165, 1.54) is 12.1 Å². The van der Waals surface area contributed by atoms with Crippen LogP contribution in [0.5, 0.6) is 5.75 Å². The fourth-order valence-electron chi connectivity index (χ4n) is 6.43. The Bertz CT molecular complexity index is 1240. The van der Waals surface area contributed by atoms with Gasteiger partial charge in [0.15, 0.2) is 0 Å².